The third kappa shape index (κ3) is 2.75. The van der Waals surface area contributed by atoms with Gasteiger partial charge in [0.15, 0.2) is 0 Å². The van der Waals surface area contributed by atoms with Crippen molar-refractivity contribution in [2.45, 2.75) is 13.8 Å². The molecule has 0 aliphatic rings. The molecule has 3 nitrogen and oxygen atoms in total. The molecule has 0 saturated carbocycles. The van der Waals surface area contributed by atoms with Crippen LogP contribution in [0.25, 0.3) is 60.5 Å². The van der Waals surface area contributed by atoms with E-state index in [0.29, 0.717) is 0 Å². The van der Waals surface area contributed by atoms with Crippen LogP contribution in [0.4, 0.5) is 0 Å². The quantitative estimate of drug-likeness (QED) is 0.143. The van der Waals surface area contributed by atoms with Crippen LogP contribution in [0, 0.1) is 19.9 Å². The Hall–Kier alpha value is -3.46. The summed E-state index contributed by atoms with van der Waals surface area (Å²) in [7, 11) is 0. The van der Waals surface area contributed by atoms with Crippen LogP contribution in [0.5, 0.6) is 0 Å². The minimum Gasteiger partial charge on any atom is -0.456 e. The molecule has 7 aromatic rings. The number of rotatable bonds is 1. The van der Waals surface area contributed by atoms with E-state index in [9.17, 15) is 0 Å². The molecule has 1 radical (unpaired) electrons. The fourth-order valence-corrected chi connectivity index (χ4v) is 5.17. The van der Waals surface area contributed by atoms with Crippen LogP contribution in [0.15, 0.2) is 83.4 Å². The maximum Gasteiger partial charge on any atom is 0.137 e. The zero-order valence-corrected chi connectivity index (χ0v) is 20.5. The maximum absolute atomic E-state index is 6.25. The van der Waals surface area contributed by atoms with Crippen LogP contribution in [0.1, 0.15) is 11.1 Å². The molecule has 0 atom stereocenters. The van der Waals surface area contributed by atoms with Crippen molar-refractivity contribution in [3.8, 4) is 11.3 Å². The van der Waals surface area contributed by atoms with E-state index in [4.69, 9.17) is 9.40 Å². The summed E-state index contributed by atoms with van der Waals surface area (Å²) in [5.74, 6) is 0. The number of hydrogen-bond donors (Lipinski definition) is 0. The number of pyridine rings is 1. The van der Waals surface area contributed by atoms with E-state index in [0.717, 1.165) is 49.6 Å². The van der Waals surface area contributed by atoms with Gasteiger partial charge in [-0.15, -0.1) is 29.7 Å². The number of fused-ring (bicyclic) bond motifs is 9. The normalized spacial score (nSPS) is 11.7. The predicted molar refractivity (Wildman–Crippen MR) is 131 cm³/mol. The van der Waals surface area contributed by atoms with Crippen LogP contribution in [0.2, 0.25) is 0 Å². The molecule has 0 unspecified atom stereocenters. The van der Waals surface area contributed by atoms with Crippen LogP contribution in [-0.2, 0) is 20.1 Å². The van der Waals surface area contributed by atoms with Crippen molar-refractivity contribution in [1.29, 1.82) is 0 Å². The van der Waals surface area contributed by atoms with Crippen molar-refractivity contribution in [2.75, 3.05) is 0 Å². The average molecular weight is 604 g/mol. The molecule has 0 N–H and O–H groups in total. The summed E-state index contributed by atoms with van der Waals surface area (Å²) in [4.78, 5) is 4.88. The third-order valence-electron chi connectivity index (χ3n) is 6.60. The summed E-state index contributed by atoms with van der Waals surface area (Å²) in [5, 5.41) is 5.63. The largest absolute Gasteiger partial charge is 0.456 e. The fourth-order valence-electron chi connectivity index (χ4n) is 5.17. The van der Waals surface area contributed by atoms with E-state index in [1.54, 1.807) is 0 Å². The Morgan fingerprint density at radius 2 is 1.58 bits per heavy atom. The number of aryl methyl sites for hydroxylation is 2. The van der Waals surface area contributed by atoms with Crippen LogP contribution in [-0.4, -0.2) is 9.38 Å². The molecule has 4 heteroatoms. The van der Waals surface area contributed by atoms with E-state index in [1.807, 2.05) is 30.5 Å². The van der Waals surface area contributed by atoms with Crippen LogP contribution >= 0.6 is 0 Å². The van der Waals surface area contributed by atoms with Crippen molar-refractivity contribution < 1.29 is 24.5 Å². The van der Waals surface area contributed by atoms with Gasteiger partial charge in [-0.25, -0.2) is 0 Å². The summed E-state index contributed by atoms with van der Waals surface area (Å²) in [6.07, 6.45) is 1.99. The Bertz CT molecular complexity index is 1840. The topological polar surface area (TPSA) is 30.4 Å². The van der Waals surface area contributed by atoms with Gasteiger partial charge < -0.3 is 8.82 Å². The molecular weight excluding hydrogens is 585 g/mol. The number of nitrogens with zero attached hydrogens (tertiary/aromatic N) is 2. The molecule has 33 heavy (non-hydrogen) atoms. The minimum absolute atomic E-state index is 0. The smallest absolute Gasteiger partial charge is 0.137 e. The molecular formula is C29H19IrN2O-. The summed E-state index contributed by atoms with van der Waals surface area (Å²) in [5.41, 5.74) is 8.60. The van der Waals surface area contributed by atoms with Gasteiger partial charge in [-0.2, -0.15) is 0 Å². The average Bonchev–Trinajstić information content (AvgIpc) is 3.40. The first-order chi connectivity index (χ1) is 15.7. The van der Waals surface area contributed by atoms with E-state index in [1.165, 1.54) is 22.1 Å². The molecule has 0 amide bonds. The van der Waals surface area contributed by atoms with Crippen molar-refractivity contribution in [1.82, 2.24) is 9.38 Å². The van der Waals surface area contributed by atoms with E-state index in [2.05, 4.69) is 72.8 Å². The molecule has 0 bridgehead atoms. The Balaban J connectivity index is 0.00000206. The number of hydrogen-bond acceptors (Lipinski definition) is 2. The molecule has 0 aliphatic heterocycles. The zero-order chi connectivity index (χ0) is 21.4. The summed E-state index contributed by atoms with van der Waals surface area (Å²) in [6, 6.07) is 28.7. The van der Waals surface area contributed by atoms with Gasteiger partial charge in [0.2, 0.25) is 0 Å². The van der Waals surface area contributed by atoms with Gasteiger partial charge in [0.05, 0.1) is 11.3 Å². The molecule has 0 saturated heterocycles. The predicted octanol–water partition coefficient (Wildman–Crippen LogP) is 7.62. The molecule has 3 aromatic heterocycles. The number of para-hydroxylation sites is 1. The molecule has 4 aromatic carbocycles. The van der Waals surface area contributed by atoms with Crippen molar-refractivity contribution >= 4 is 49.3 Å². The Morgan fingerprint density at radius 3 is 2.42 bits per heavy atom. The SMILES string of the molecule is Cc1cccc(C)c1-c1cnc2c3[c-]cccc3c3cc4c(cc3n12)oc1ccccc14.[Ir]. The van der Waals surface area contributed by atoms with Crippen LogP contribution < -0.4 is 0 Å². The molecule has 0 spiro atoms. The second-order valence-corrected chi connectivity index (χ2v) is 8.49. The number of furan rings is 1. The summed E-state index contributed by atoms with van der Waals surface area (Å²) in [6.45, 7) is 4.32. The fraction of sp³-hybridized carbons (Fsp3) is 0.0690. The molecule has 3 heterocycles. The number of imidazole rings is 1. The van der Waals surface area contributed by atoms with Crippen molar-refractivity contribution in [2.24, 2.45) is 0 Å². The molecule has 161 valence electrons. The standard InChI is InChI=1S/C29H19N2O.Ir/c1-17-8-7-9-18(2)28(17)25-16-30-29-21-12-4-3-10-19(21)22-14-23-20-11-5-6-13-26(20)32-27(23)15-24(22)31(25)29;/h3-11,13-16H,1-2H3;/q-1;. The molecule has 0 fully saturated rings. The van der Waals surface area contributed by atoms with Gasteiger partial charge in [0.1, 0.15) is 11.2 Å². The van der Waals surface area contributed by atoms with Gasteiger partial charge in [0, 0.05) is 54.2 Å². The first-order valence-electron chi connectivity index (χ1n) is 10.8. The number of aromatic nitrogens is 2. The first kappa shape index (κ1) is 20.2. The Morgan fingerprint density at radius 1 is 0.788 bits per heavy atom. The second kappa shape index (κ2) is 7.28. The zero-order valence-electron chi connectivity index (χ0n) is 18.1. The van der Waals surface area contributed by atoms with Gasteiger partial charge in [-0.1, -0.05) is 41.8 Å². The van der Waals surface area contributed by atoms with Crippen LogP contribution in [0.3, 0.4) is 0 Å². The Kier molecular flexibility index (Phi) is 4.45. The van der Waals surface area contributed by atoms with Gasteiger partial charge in [0.25, 0.3) is 0 Å². The van der Waals surface area contributed by atoms with E-state index >= 15 is 0 Å². The van der Waals surface area contributed by atoms with E-state index < -0.39 is 0 Å². The first-order valence-corrected chi connectivity index (χ1v) is 10.8. The monoisotopic (exact) mass is 604 g/mol. The van der Waals surface area contributed by atoms with Gasteiger partial charge >= 0.3 is 0 Å². The Labute approximate surface area is 204 Å². The maximum atomic E-state index is 6.25. The molecule has 7 rings (SSSR count). The number of benzene rings is 4. The minimum atomic E-state index is 0. The van der Waals surface area contributed by atoms with Crippen molar-refractivity contribution in [3.63, 3.8) is 0 Å². The van der Waals surface area contributed by atoms with Gasteiger partial charge in [-0.3, -0.25) is 4.98 Å². The van der Waals surface area contributed by atoms with Crippen molar-refractivity contribution in [3.05, 3.63) is 96.2 Å². The summed E-state index contributed by atoms with van der Waals surface area (Å²) >= 11 is 0. The van der Waals surface area contributed by atoms with Gasteiger partial charge in [-0.05, 0) is 42.5 Å². The summed E-state index contributed by atoms with van der Waals surface area (Å²) < 4.78 is 8.52. The van der Waals surface area contributed by atoms with E-state index in [-0.39, 0.29) is 20.1 Å². The second-order valence-electron chi connectivity index (χ2n) is 8.49. The third-order valence-corrected chi connectivity index (χ3v) is 6.60. The molecule has 0 aliphatic carbocycles.